The van der Waals surface area contributed by atoms with Crippen LogP contribution in [0.15, 0.2) is 0 Å². The number of rotatable bonds is 7. The molecule has 2 N–H and O–H groups in total. The Morgan fingerprint density at radius 1 is 1.33 bits per heavy atom. The minimum absolute atomic E-state index is 0.00771. The van der Waals surface area contributed by atoms with Gasteiger partial charge in [0.2, 0.25) is 17.2 Å². The van der Waals surface area contributed by atoms with Gasteiger partial charge in [0.1, 0.15) is 0 Å². The molecule has 0 spiro atoms. The summed E-state index contributed by atoms with van der Waals surface area (Å²) < 4.78 is 11.1. The lowest BCUT2D eigenvalue weighted by Gasteiger charge is -2.13. The second-order valence-electron chi connectivity index (χ2n) is 3.96. The lowest BCUT2D eigenvalue weighted by atomic mass is 10.4. The van der Waals surface area contributed by atoms with E-state index in [9.17, 15) is 4.21 Å². The van der Waals surface area contributed by atoms with E-state index in [1.165, 1.54) is 0 Å². The third kappa shape index (κ3) is 5.59. The molecule has 0 amide bonds. The normalized spacial score (nSPS) is 14.0. The van der Waals surface area contributed by atoms with Gasteiger partial charge >= 0.3 is 0 Å². The smallest absolute Gasteiger partial charge is 0.229 e. The van der Waals surface area contributed by atoms with Crippen LogP contribution in [0.4, 0.5) is 11.9 Å². The molecule has 0 aliphatic heterocycles. The van der Waals surface area contributed by atoms with Crippen LogP contribution in [0.2, 0.25) is 5.28 Å². The van der Waals surface area contributed by atoms with Crippen molar-refractivity contribution in [3.05, 3.63) is 5.28 Å². The second kappa shape index (κ2) is 7.48. The van der Waals surface area contributed by atoms with E-state index in [0.717, 1.165) is 13.0 Å². The molecule has 0 bridgehead atoms. The van der Waals surface area contributed by atoms with Crippen molar-refractivity contribution in [3.8, 4) is 0 Å². The number of hydrogen-bond donors (Lipinski definition) is 2. The summed E-state index contributed by atoms with van der Waals surface area (Å²) >= 11 is 5.82. The fourth-order valence-electron chi connectivity index (χ4n) is 1.34. The predicted octanol–water partition coefficient (Wildman–Crippen LogP) is 1.53. The predicted molar refractivity (Wildman–Crippen MR) is 75.6 cm³/mol. The van der Waals surface area contributed by atoms with Crippen molar-refractivity contribution in [1.82, 2.24) is 15.0 Å². The molecule has 1 rings (SSSR count). The maximum atomic E-state index is 11.1. The first kappa shape index (κ1) is 15.1. The van der Waals surface area contributed by atoms with Crippen molar-refractivity contribution in [2.75, 3.05) is 29.2 Å². The van der Waals surface area contributed by atoms with Crippen molar-refractivity contribution < 1.29 is 4.21 Å². The van der Waals surface area contributed by atoms with E-state index in [0.29, 0.717) is 17.6 Å². The standard InChI is InChI=1S/C10H18ClN5OS/c1-4-5-12-9-14-8(11)15-10(16-9)13-7(2)6-18(3)17/h7H,4-6H2,1-3H3,(H2,12,13,14,15,16). The molecule has 1 heterocycles. The Balaban J connectivity index is 2.69. The van der Waals surface area contributed by atoms with E-state index >= 15 is 0 Å². The zero-order chi connectivity index (χ0) is 13.5. The maximum absolute atomic E-state index is 11.1. The fraction of sp³-hybridized carbons (Fsp3) is 0.700. The number of nitrogens with zero attached hydrogens (tertiary/aromatic N) is 3. The third-order valence-corrected chi connectivity index (χ3v) is 3.14. The average molecular weight is 292 g/mol. The molecule has 8 heteroatoms. The van der Waals surface area contributed by atoms with E-state index in [1.54, 1.807) is 6.26 Å². The first-order chi connectivity index (χ1) is 8.51. The van der Waals surface area contributed by atoms with Gasteiger partial charge in [0.25, 0.3) is 0 Å². The molecule has 0 saturated carbocycles. The molecule has 2 atom stereocenters. The molecule has 0 aromatic carbocycles. The SMILES string of the molecule is CCCNc1nc(Cl)nc(NC(C)CS(C)=O)n1. The van der Waals surface area contributed by atoms with Gasteiger partial charge in [0.15, 0.2) is 0 Å². The van der Waals surface area contributed by atoms with Gasteiger partial charge in [0.05, 0.1) is 0 Å². The molecule has 0 radical (unpaired) electrons. The van der Waals surface area contributed by atoms with E-state index in [-0.39, 0.29) is 11.3 Å². The van der Waals surface area contributed by atoms with Crippen LogP contribution < -0.4 is 10.6 Å². The van der Waals surface area contributed by atoms with E-state index in [2.05, 4.69) is 25.6 Å². The van der Waals surface area contributed by atoms with Gasteiger partial charge in [-0.1, -0.05) is 6.92 Å². The Hall–Kier alpha value is -0.950. The molecule has 102 valence electrons. The second-order valence-corrected chi connectivity index (χ2v) is 5.78. The van der Waals surface area contributed by atoms with Gasteiger partial charge in [-0.25, -0.2) is 0 Å². The Labute approximate surface area is 114 Å². The summed E-state index contributed by atoms with van der Waals surface area (Å²) in [7, 11) is -0.867. The molecule has 6 nitrogen and oxygen atoms in total. The van der Waals surface area contributed by atoms with Crippen molar-refractivity contribution in [1.29, 1.82) is 0 Å². The Morgan fingerprint density at radius 2 is 2.00 bits per heavy atom. The summed E-state index contributed by atoms with van der Waals surface area (Å²) in [5.41, 5.74) is 0. The molecule has 18 heavy (non-hydrogen) atoms. The lowest BCUT2D eigenvalue weighted by Crippen LogP contribution is -2.24. The zero-order valence-corrected chi connectivity index (χ0v) is 12.3. The highest BCUT2D eigenvalue weighted by atomic mass is 35.5. The highest BCUT2D eigenvalue weighted by molar-refractivity contribution is 7.84. The molecule has 0 aliphatic rings. The number of hydrogen-bond acceptors (Lipinski definition) is 6. The van der Waals surface area contributed by atoms with E-state index < -0.39 is 10.8 Å². The van der Waals surface area contributed by atoms with Gasteiger partial charge < -0.3 is 10.6 Å². The third-order valence-electron chi connectivity index (χ3n) is 2.00. The van der Waals surface area contributed by atoms with Crippen LogP contribution >= 0.6 is 11.6 Å². The summed E-state index contributed by atoms with van der Waals surface area (Å²) in [5, 5.41) is 6.23. The quantitative estimate of drug-likeness (QED) is 0.793. The average Bonchev–Trinajstić information content (AvgIpc) is 2.24. The van der Waals surface area contributed by atoms with Crippen molar-refractivity contribution >= 4 is 34.3 Å². The van der Waals surface area contributed by atoms with E-state index in [1.807, 2.05) is 13.8 Å². The fourth-order valence-corrected chi connectivity index (χ4v) is 2.29. The van der Waals surface area contributed by atoms with Crippen LogP contribution in [0.5, 0.6) is 0 Å². The number of anilines is 2. The van der Waals surface area contributed by atoms with Crippen molar-refractivity contribution in [3.63, 3.8) is 0 Å². The highest BCUT2D eigenvalue weighted by Gasteiger charge is 2.09. The van der Waals surface area contributed by atoms with E-state index in [4.69, 9.17) is 11.6 Å². The number of nitrogens with one attached hydrogen (secondary N) is 2. The maximum Gasteiger partial charge on any atom is 0.229 e. The summed E-state index contributed by atoms with van der Waals surface area (Å²) in [5.74, 6) is 1.37. The Morgan fingerprint density at radius 3 is 2.61 bits per heavy atom. The Bertz CT molecular complexity index is 417. The van der Waals surface area contributed by atoms with Crippen molar-refractivity contribution in [2.45, 2.75) is 26.3 Å². The van der Waals surface area contributed by atoms with Gasteiger partial charge in [-0.2, -0.15) is 15.0 Å². The summed E-state index contributed by atoms with van der Waals surface area (Å²) in [4.78, 5) is 12.1. The van der Waals surface area contributed by atoms with Crippen LogP contribution in [-0.4, -0.2) is 43.8 Å². The van der Waals surface area contributed by atoms with Crippen LogP contribution in [0, 0.1) is 0 Å². The summed E-state index contributed by atoms with van der Waals surface area (Å²) in [6.07, 6.45) is 2.63. The summed E-state index contributed by atoms with van der Waals surface area (Å²) in [6.45, 7) is 4.74. The molecular weight excluding hydrogens is 274 g/mol. The first-order valence-electron chi connectivity index (χ1n) is 5.73. The monoisotopic (exact) mass is 291 g/mol. The van der Waals surface area contributed by atoms with Crippen LogP contribution in [0.3, 0.4) is 0 Å². The molecule has 0 fully saturated rings. The van der Waals surface area contributed by atoms with Crippen molar-refractivity contribution in [2.24, 2.45) is 0 Å². The minimum Gasteiger partial charge on any atom is -0.354 e. The Kier molecular flexibility index (Phi) is 6.28. The van der Waals surface area contributed by atoms with Crippen LogP contribution in [0.1, 0.15) is 20.3 Å². The van der Waals surface area contributed by atoms with Gasteiger partial charge in [-0.05, 0) is 24.9 Å². The van der Waals surface area contributed by atoms with Gasteiger partial charge in [-0.3, -0.25) is 4.21 Å². The first-order valence-corrected chi connectivity index (χ1v) is 7.83. The molecule has 0 aliphatic carbocycles. The molecule has 0 saturated heterocycles. The van der Waals surface area contributed by atoms with Crippen LogP contribution in [-0.2, 0) is 10.8 Å². The molecular formula is C10H18ClN5OS. The zero-order valence-electron chi connectivity index (χ0n) is 10.7. The lowest BCUT2D eigenvalue weighted by molar-refractivity contribution is 0.682. The summed E-state index contributed by atoms with van der Waals surface area (Å²) in [6, 6.07) is 0.00771. The van der Waals surface area contributed by atoms with Crippen LogP contribution in [0.25, 0.3) is 0 Å². The largest absolute Gasteiger partial charge is 0.354 e. The topological polar surface area (TPSA) is 79.8 Å². The van der Waals surface area contributed by atoms with Gasteiger partial charge in [-0.15, -0.1) is 0 Å². The number of halogens is 1. The van der Waals surface area contributed by atoms with Gasteiger partial charge in [0, 0.05) is 35.4 Å². The highest BCUT2D eigenvalue weighted by Crippen LogP contribution is 2.10. The minimum atomic E-state index is -0.867. The molecule has 2 unspecified atom stereocenters. The molecule has 1 aromatic rings. The molecule has 1 aromatic heterocycles. The number of aromatic nitrogens is 3.